The summed E-state index contributed by atoms with van der Waals surface area (Å²) >= 11 is 19.3. The average molecular weight is 577 g/mol. The van der Waals surface area contributed by atoms with Crippen molar-refractivity contribution in [3.8, 4) is 5.69 Å². The van der Waals surface area contributed by atoms with Gasteiger partial charge in [0, 0.05) is 47.6 Å². The van der Waals surface area contributed by atoms with Crippen molar-refractivity contribution < 1.29 is 0 Å². The molecule has 0 aliphatic carbocycles. The van der Waals surface area contributed by atoms with Crippen molar-refractivity contribution in [3.63, 3.8) is 0 Å². The summed E-state index contributed by atoms with van der Waals surface area (Å²) in [7, 11) is 0. The van der Waals surface area contributed by atoms with Crippen LogP contribution in [-0.2, 0) is 0 Å². The molecule has 2 aromatic carbocycles. The molecule has 2 aliphatic rings. The Labute approximate surface area is 245 Å². The molecule has 1 N–H and O–H groups in total. The van der Waals surface area contributed by atoms with E-state index in [1.807, 2.05) is 43.5 Å². The molecule has 0 radical (unpaired) electrons. The summed E-state index contributed by atoms with van der Waals surface area (Å²) < 4.78 is 2.21. The van der Waals surface area contributed by atoms with Gasteiger partial charge in [0.05, 0.1) is 22.4 Å². The van der Waals surface area contributed by atoms with E-state index in [-0.39, 0.29) is 12.1 Å². The average Bonchev–Trinajstić information content (AvgIpc) is 3.55. The number of anilines is 2. The summed E-state index contributed by atoms with van der Waals surface area (Å²) in [4.78, 5) is 9.28. The van der Waals surface area contributed by atoms with Crippen LogP contribution in [-0.4, -0.2) is 27.8 Å². The van der Waals surface area contributed by atoms with Crippen LogP contribution >= 0.6 is 35.4 Å². The van der Waals surface area contributed by atoms with Crippen LogP contribution in [0.2, 0.25) is 10.0 Å². The van der Waals surface area contributed by atoms with Gasteiger partial charge in [0.15, 0.2) is 5.11 Å². The Kier molecular flexibility index (Phi) is 7.27. The Morgan fingerprint density at radius 1 is 0.923 bits per heavy atom. The van der Waals surface area contributed by atoms with Gasteiger partial charge in [0.25, 0.3) is 0 Å². The van der Waals surface area contributed by atoms with E-state index in [4.69, 9.17) is 40.4 Å². The smallest absolute Gasteiger partial charge is 0.174 e. The molecule has 5 nitrogen and oxygen atoms in total. The fraction of sp³-hybridized carbons (Fsp3) is 0.290. The molecule has 0 bridgehead atoms. The highest BCUT2D eigenvalue weighted by Crippen LogP contribution is 2.44. The number of pyridine rings is 1. The number of thiocarbonyl (C=S) groups is 1. The van der Waals surface area contributed by atoms with Crippen LogP contribution in [0.15, 0.2) is 79.1 Å². The van der Waals surface area contributed by atoms with E-state index in [0.717, 1.165) is 63.1 Å². The highest BCUT2D eigenvalue weighted by Gasteiger charge is 2.42. The molecule has 2 aliphatic heterocycles. The van der Waals surface area contributed by atoms with Gasteiger partial charge < -0.3 is 19.7 Å². The minimum Gasteiger partial charge on any atom is -0.370 e. The van der Waals surface area contributed by atoms with Crippen molar-refractivity contribution in [1.82, 2.24) is 14.9 Å². The summed E-state index contributed by atoms with van der Waals surface area (Å²) in [5.41, 5.74) is 6.13. The third-order valence-electron chi connectivity index (χ3n) is 7.93. The first kappa shape index (κ1) is 26.2. The predicted octanol–water partition coefficient (Wildman–Crippen LogP) is 7.90. The Hall–Kier alpha value is -3.06. The van der Waals surface area contributed by atoms with E-state index < -0.39 is 0 Å². The maximum absolute atomic E-state index is 6.95. The van der Waals surface area contributed by atoms with Gasteiger partial charge in [-0.15, -0.1) is 0 Å². The Bertz CT molecular complexity index is 1500. The molecule has 200 valence electrons. The third kappa shape index (κ3) is 5.02. The Morgan fingerprint density at radius 3 is 2.44 bits per heavy atom. The minimum absolute atomic E-state index is 0.150. The number of nitrogens with zero attached hydrogens (tertiary/aromatic N) is 4. The lowest BCUT2D eigenvalue weighted by Crippen LogP contribution is -2.33. The second-order valence-corrected chi connectivity index (χ2v) is 11.7. The lowest BCUT2D eigenvalue weighted by Gasteiger charge is -2.33. The fourth-order valence-corrected chi connectivity index (χ4v) is 6.49. The van der Waals surface area contributed by atoms with E-state index >= 15 is 0 Å². The summed E-state index contributed by atoms with van der Waals surface area (Å²) in [5, 5.41) is 5.71. The molecule has 6 rings (SSSR count). The molecule has 4 aromatic rings. The minimum atomic E-state index is -0.156. The van der Waals surface area contributed by atoms with Gasteiger partial charge in [-0.1, -0.05) is 36.2 Å². The molecule has 0 spiro atoms. The molecular weight excluding hydrogens is 545 g/mol. The number of hydrogen-bond acceptors (Lipinski definition) is 3. The molecule has 39 heavy (non-hydrogen) atoms. The standard InChI is InChI=1S/C31H31Cl2N5S/c1-20-12-16-36(17-13-20)27-11-9-23(19-25(27)33)38-30(29(35-31(38)39)26-6-3-4-14-34-26)28-7-5-15-37(28)22-8-10-24(32)21(2)18-22/h3-11,14-15,18-20,29-30H,12-13,16-17H2,1-2H3,(H,35,39)/t29-,30+/m0/s1. The number of aryl methyl sites for hydroxylation is 1. The van der Waals surface area contributed by atoms with Crippen LogP contribution in [0.4, 0.5) is 11.4 Å². The SMILES string of the molecule is Cc1cc(-n2cccc2[C@@H]2[C@H](c3ccccn3)NC(=S)N2c2ccc(N3CCC(C)CC3)c(Cl)c2)ccc1Cl. The van der Waals surface area contributed by atoms with Gasteiger partial charge in [-0.3, -0.25) is 4.98 Å². The second-order valence-electron chi connectivity index (χ2n) is 10.5. The van der Waals surface area contributed by atoms with Gasteiger partial charge in [-0.2, -0.15) is 0 Å². The van der Waals surface area contributed by atoms with Gasteiger partial charge in [-0.05, 0) is 104 Å². The lowest BCUT2D eigenvalue weighted by atomic mass is 9.98. The van der Waals surface area contributed by atoms with Crippen molar-refractivity contribution in [3.05, 3.63) is 106 Å². The lowest BCUT2D eigenvalue weighted by molar-refractivity contribution is 0.438. The van der Waals surface area contributed by atoms with E-state index in [0.29, 0.717) is 5.11 Å². The van der Waals surface area contributed by atoms with E-state index in [1.54, 1.807) is 0 Å². The highest BCUT2D eigenvalue weighted by atomic mass is 35.5. The monoisotopic (exact) mass is 575 g/mol. The molecule has 2 aromatic heterocycles. The maximum atomic E-state index is 6.95. The zero-order valence-corrected chi connectivity index (χ0v) is 24.3. The zero-order chi connectivity index (χ0) is 27.1. The number of hydrogen-bond donors (Lipinski definition) is 1. The number of halogens is 2. The maximum Gasteiger partial charge on any atom is 0.174 e. The molecule has 0 unspecified atom stereocenters. The van der Waals surface area contributed by atoms with Crippen LogP contribution < -0.4 is 15.1 Å². The summed E-state index contributed by atoms with van der Waals surface area (Å²) in [6, 6.07) is 22.3. The van der Waals surface area contributed by atoms with Gasteiger partial charge >= 0.3 is 0 Å². The van der Waals surface area contributed by atoms with E-state index in [2.05, 4.69) is 69.2 Å². The van der Waals surface area contributed by atoms with Crippen molar-refractivity contribution >= 4 is 51.9 Å². The topological polar surface area (TPSA) is 36.3 Å². The van der Waals surface area contributed by atoms with Crippen LogP contribution in [0.1, 0.15) is 48.8 Å². The number of benzene rings is 2. The van der Waals surface area contributed by atoms with Crippen molar-refractivity contribution in [2.24, 2.45) is 5.92 Å². The predicted molar refractivity (Wildman–Crippen MR) is 166 cm³/mol. The van der Waals surface area contributed by atoms with E-state index in [9.17, 15) is 0 Å². The number of rotatable bonds is 5. The van der Waals surface area contributed by atoms with Gasteiger partial charge in [-0.25, -0.2) is 0 Å². The first-order chi connectivity index (χ1) is 18.9. The normalized spacial score (nSPS) is 19.9. The summed E-state index contributed by atoms with van der Waals surface area (Å²) in [6.45, 7) is 6.41. The molecule has 0 saturated carbocycles. The van der Waals surface area contributed by atoms with Crippen LogP contribution in [0.25, 0.3) is 5.69 Å². The fourth-order valence-electron chi connectivity index (χ4n) is 5.73. The Morgan fingerprint density at radius 2 is 1.72 bits per heavy atom. The second kappa shape index (κ2) is 10.8. The number of nitrogens with one attached hydrogen (secondary N) is 1. The third-order valence-corrected chi connectivity index (χ3v) is 8.98. The van der Waals surface area contributed by atoms with Crippen LogP contribution in [0.5, 0.6) is 0 Å². The summed E-state index contributed by atoms with van der Waals surface area (Å²) in [6.07, 6.45) is 6.29. The van der Waals surface area contributed by atoms with Crippen molar-refractivity contribution in [2.45, 2.75) is 38.8 Å². The van der Waals surface area contributed by atoms with Crippen molar-refractivity contribution in [2.75, 3.05) is 22.9 Å². The molecule has 2 fully saturated rings. The van der Waals surface area contributed by atoms with Crippen LogP contribution in [0.3, 0.4) is 0 Å². The molecule has 0 amide bonds. The van der Waals surface area contributed by atoms with Gasteiger partial charge in [0.1, 0.15) is 6.04 Å². The molecule has 4 heterocycles. The molecule has 8 heteroatoms. The van der Waals surface area contributed by atoms with Gasteiger partial charge in [0.2, 0.25) is 0 Å². The van der Waals surface area contributed by atoms with Crippen molar-refractivity contribution in [1.29, 1.82) is 0 Å². The highest BCUT2D eigenvalue weighted by molar-refractivity contribution is 7.80. The Balaban J connectivity index is 1.43. The molecule has 2 saturated heterocycles. The zero-order valence-electron chi connectivity index (χ0n) is 22.0. The number of piperidine rings is 1. The quantitative estimate of drug-likeness (QED) is 0.245. The van der Waals surface area contributed by atoms with E-state index in [1.165, 1.54) is 12.8 Å². The van der Waals surface area contributed by atoms with Crippen LogP contribution in [0, 0.1) is 12.8 Å². The molecule has 2 atom stereocenters. The molecular formula is C31H31Cl2N5S. The number of aromatic nitrogens is 2. The first-order valence-corrected chi connectivity index (χ1v) is 14.6. The summed E-state index contributed by atoms with van der Waals surface area (Å²) in [5.74, 6) is 0.761. The largest absolute Gasteiger partial charge is 0.370 e. The first-order valence-electron chi connectivity index (χ1n) is 13.4.